The van der Waals surface area contributed by atoms with Gasteiger partial charge in [-0.2, -0.15) is 0 Å². The van der Waals surface area contributed by atoms with Crippen LogP contribution >= 0.6 is 11.6 Å². The molecule has 13 heavy (non-hydrogen) atoms. The normalized spacial score (nSPS) is 10.5. The average Bonchev–Trinajstić information content (AvgIpc) is 2.04. The van der Waals surface area contributed by atoms with Crippen molar-refractivity contribution < 1.29 is 18.6 Å². The van der Waals surface area contributed by atoms with E-state index in [-0.39, 0.29) is 16.5 Å². The highest BCUT2D eigenvalue weighted by Gasteiger charge is 2.19. The summed E-state index contributed by atoms with van der Waals surface area (Å²) in [6.45, 7) is 0. The minimum absolute atomic E-state index is 0.188. The molecule has 1 aromatic heterocycles. The smallest absolute Gasteiger partial charge is 0.281 e. The molecule has 0 aliphatic rings. The van der Waals surface area contributed by atoms with E-state index >= 15 is 0 Å². The summed E-state index contributed by atoms with van der Waals surface area (Å²) in [7, 11) is 1.22. The molecule has 0 aromatic carbocycles. The lowest BCUT2D eigenvalue weighted by Gasteiger charge is -2.08. The summed E-state index contributed by atoms with van der Waals surface area (Å²) in [6, 6.07) is 0. The fourth-order valence-electron chi connectivity index (χ4n) is 0.821. The van der Waals surface area contributed by atoms with E-state index in [0.717, 1.165) is 6.20 Å². The predicted octanol–water partition coefficient (Wildman–Crippen LogP) is 2.39. The predicted molar refractivity (Wildman–Crippen MR) is 42.4 cm³/mol. The Labute approximate surface area is 77.9 Å². The maximum atomic E-state index is 12.2. The second kappa shape index (κ2) is 3.74. The molecule has 6 heteroatoms. The van der Waals surface area contributed by atoms with Crippen LogP contribution in [0.1, 0.15) is 12.1 Å². The molecule has 0 unspecified atom stereocenters. The zero-order valence-corrected chi connectivity index (χ0v) is 7.35. The van der Waals surface area contributed by atoms with Crippen molar-refractivity contribution in [1.29, 1.82) is 0 Å². The van der Waals surface area contributed by atoms with E-state index in [1.165, 1.54) is 7.11 Å². The van der Waals surface area contributed by atoms with Gasteiger partial charge in [0, 0.05) is 0 Å². The van der Waals surface area contributed by atoms with Crippen LogP contribution < -0.4 is 4.74 Å². The molecular weight excluding hydrogens is 204 g/mol. The first-order valence-electron chi connectivity index (χ1n) is 3.27. The van der Waals surface area contributed by atoms with Crippen LogP contribution in [0.5, 0.6) is 11.5 Å². The van der Waals surface area contributed by atoms with Crippen LogP contribution in [-0.4, -0.2) is 17.2 Å². The van der Waals surface area contributed by atoms with Crippen molar-refractivity contribution >= 4 is 11.6 Å². The van der Waals surface area contributed by atoms with Gasteiger partial charge in [0.05, 0.1) is 13.3 Å². The van der Waals surface area contributed by atoms with E-state index in [2.05, 4.69) is 9.72 Å². The van der Waals surface area contributed by atoms with Gasteiger partial charge < -0.3 is 9.84 Å². The molecule has 0 spiro atoms. The van der Waals surface area contributed by atoms with Crippen molar-refractivity contribution in [3.05, 3.63) is 16.9 Å². The van der Waals surface area contributed by atoms with Crippen LogP contribution in [-0.2, 0) is 0 Å². The number of methoxy groups -OCH3 is 1. The van der Waals surface area contributed by atoms with Gasteiger partial charge in [-0.05, 0) is 0 Å². The Bertz CT molecular complexity index is 320. The molecule has 1 aromatic rings. The first-order valence-corrected chi connectivity index (χ1v) is 3.65. The lowest BCUT2D eigenvalue weighted by Crippen LogP contribution is -1.95. The molecule has 1 rings (SSSR count). The number of halogens is 3. The van der Waals surface area contributed by atoms with E-state index in [1.54, 1.807) is 0 Å². The lowest BCUT2D eigenvalue weighted by molar-refractivity contribution is 0.145. The summed E-state index contributed by atoms with van der Waals surface area (Å²) >= 11 is 5.48. The quantitative estimate of drug-likeness (QED) is 0.813. The van der Waals surface area contributed by atoms with E-state index in [1.807, 2.05) is 0 Å². The van der Waals surface area contributed by atoms with Crippen molar-refractivity contribution in [2.75, 3.05) is 7.11 Å². The summed E-state index contributed by atoms with van der Waals surface area (Å²) < 4.78 is 29.0. The number of aromatic nitrogens is 1. The highest BCUT2D eigenvalue weighted by Crippen LogP contribution is 2.38. The zero-order valence-electron chi connectivity index (χ0n) is 6.59. The van der Waals surface area contributed by atoms with Crippen molar-refractivity contribution in [1.82, 2.24) is 4.98 Å². The largest absolute Gasteiger partial charge is 0.503 e. The third kappa shape index (κ3) is 1.80. The minimum atomic E-state index is -2.79. The Balaban J connectivity index is 3.27. The topological polar surface area (TPSA) is 42.4 Å². The SMILES string of the molecule is COc1c(O)cnc(C(F)F)c1Cl. The van der Waals surface area contributed by atoms with Crippen LogP contribution in [0.2, 0.25) is 5.02 Å². The zero-order chi connectivity index (χ0) is 10.0. The van der Waals surface area contributed by atoms with Gasteiger partial charge in [0.25, 0.3) is 6.43 Å². The van der Waals surface area contributed by atoms with Crippen LogP contribution in [0.15, 0.2) is 6.20 Å². The summed E-state index contributed by atoms with van der Waals surface area (Å²) in [5.74, 6) is -0.552. The van der Waals surface area contributed by atoms with Gasteiger partial charge >= 0.3 is 0 Å². The standard InChI is InChI=1S/C7H6ClF2NO2/c1-13-6-3(12)2-11-5(4(6)8)7(9)10/h2,7,12H,1H3. The van der Waals surface area contributed by atoms with Crippen LogP contribution in [0.3, 0.4) is 0 Å². The Morgan fingerprint density at radius 1 is 1.62 bits per heavy atom. The molecule has 0 fully saturated rings. The summed E-state index contributed by atoms with van der Waals surface area (Å²) in [5.41, 5.74) is -0.601. The molecule has 0 atom stereocenters. The molecule has 0 saturated heterocycles. The third-order valence-corrected chi connectivity index (χ3v) is 1.76. The van der Waals surface area contributed by atoms with Crippen molar-refractivity contribution in [3.8, 4) is 11.5 Å². The molecule has 0 aliphatic heterocycles. The van der Waals surface area contributed by atoms with Gasteiger partial charge in [-0.3, -0.25) is 0 Å². The molecular formula is C7H6ClF2NO2. The molecule has 0 amide bonds. The monoisotopic (exact) mass is 209 g/mol. The second-order valence-corrected chi connectivity index (χ2v) is 2.55. The van der Waals surface area contributed by atoms with Gasteiger partial charge in [0.15, 0.2) is 11.5 Å². The van der Waals surface area contributed by atoms with Crippen molar-refractivity contribution in [3.63, 3.8) is 0 Å². The maximum Gasteiger partial charge on any atom is 0.281 e. The van der Waals surface area contributed by atoms with Crippen LogP contribution in [0.4, 0.5) is 8.78 Å². The number of nitrogens with zero attached hydrogens (tertiary/aromatic N) is 1. The highest BCUT2D eigenvalue weighted by atomic mass is 35.5. The molecule has 1 heterocycles. The number of aromatic hydroxyl groups is 1. The number of alkyl halides is 2. The number of pyridine rings is 1. The Hall–Kier alpha value is -1.10. The van der Waals surface area contributed by atoms with E-state index < -0.39 is 12.1 Å². The van der Waals surface area contributed by atoms with E-state index in [9.17, 15) is 8.78 Å². The third-order valence-electron chi connectivity index (χ3n) is 1.39. The minimum Gasteiger partial charge on any atom is -0.503 e. The highest BCUT2D eigenvalue weighted by molar-refractivity contribution is 6.32. The number of hydrogen-bond acceptors (Lipinski definition) is 3. The fourth-order valence-corrected chi connectivity index (χ4v) is 1.13. The Morgan fingerprint density at radius 3 is 2.69 bits per heavy atom. The van der Waals surface area contributed by atoms with Gasteiger partial charge in [0.1, 0.15) is 10.7 Å². The molecule has 0 aliphatic carbocycles. The molecule has 72 valence electrons. The van der Waals surface area contributed by atoms with E-state index in [0.29, 0.717) is 0 Å². The molecule has 0 bridgehead atoms. The van der Waals surface area contributed by atoms with Crippen molar-refractivity contribution in [2.45, 2.75) is 6.43 Å². The van der Waals surface area contributed by atoms with Gasteiger partial charge in [-0.15, -0.1) is 0 Å². The van der Waals surface area contributed by atoms with E-state index in [4.69, 9.17) is 16.7 Å². The fraction of sp³-hybridized carbons (Fsp3) is 0.286. The maximum absolute atomic E-state index is 12.2. The average molecular weight is 210 g/mol. The first-order chi connectivity index (χ1) is 6.07. The van der Waals surface area contributed by atoms with Gasteiger partial charge in [-0.1, -0.05) is 11.6 Å². The van der Waals surface area contributed by atoms with Crippen LogP contribution in [0.25, 0.3) is 0 Å². The molecule has 1 N–H and O–H groups in total. The molecule has 0 radical (unpaired) electrons. The first kappa shape index (κ1) is 9.98. The van der Waals surface area contributed by atoms with Crippen LogP contribution in [0, 0.1) is 0 Å². The Kier molecular flexibility index (Phi) is 2.87. The van der Waals surface area contributed by atoms with Gasteiger partial charge in [-0.25, -0.2) is 13.8 Å². The lowest BCUT2D eigenvalue weighted by atomic mass is 10.3. The van der Waals surface area contributed by atoms with Gasteiger partial charge in [0.2, 0.25) is 0 Å². The summed E-state index contributed by atoms with van der Waals surface area (Å²) in [6.07, 6.45) is -1.92. The summed E-state index contributed by atoms with van der Waals surface area (Å²) in [4.78, 5) is 3.27. The van der Waals surface area contributed by atoms with Crippen molar-refractivity contribution in [2.24, 2.45) is 0 Å². The second-order valence-electron chi connectivity index (χ2n) is 2.18. The number of rotatable bonds is 2. The Morgan fingerprint density at radius 2 is 2.23 bits per heavy atom. The number of hydrogen-bond donors (Lipinski definition) is 1. The summed E-state index contributed by atoms with van der Waals surface area (Å²) in [5, 5.41) is 8.72. The molecule has 0 saturated carbocycles. The number of ether oxygens (including phenoxy) is 1. The molecule has 3 nitrogen and oxygen atoms in total.